The predicted molar refractivity (Wildman–Crippen MR) is 128 cm³/mol. The molecule has 1 heterocycles. The molecule has 5 rings (SSSR count). The van der Waals surface area contributed by atoms with Crippen LogP contribution in [0, 0.1) is 0 Å². The van der Waals surface area contributed by atoms with Crippen LogP contribution in [-0.4, -0.2) is 19.5 Å². The van der Waals surface area contributed by atoms with E-state index in [1.54, 1.807) is 30.5 Å². The molecule has 5 aromatic rings. The molecule has 6 nitrogen and oxygen atoms in total. The number of carboxylic acid groups (broad SMARTS) is 1. The van der Waals surface area contributed by atoms with Gasteiger partial charge in [-0.05, 0) is 59.2 Å². The number of hydrogen-bond donors (Lipinski definition) is 1. The van der Waals surface area contributed by atoms with Crippen molar-refractivity contribution in [3.8, 4) is 28.0 Å². The second-order valence-corrected chi connectivity index (χ2v) is 9.16. The fraction of sp³-hybridized carbons (Fsp3) is 0. The number of benzene rings is 4. The van der Waals surface area contributed by atoms with Gasteiger partial charge in [0.2, 0.25) is 0 Å². The van der Waals surface area contributed by atoms with Crippen LogP contribution in [0.15, 0.2) is 113 Å². The zero-order valence-corrected chi connectivity index (χ0v) is 18.5. The van der Waals surface area contributed by atoms with Gasteiger partial charge in [0.15, 0.2) is 0 Å². The summed E-state index contributed by atoms with van der Waals surface area (Å²) in [5.74, 6) is -0.973. The molecule has 0 aliphatic heterocycles. The van der Waals surface area contributed by atoms with Crippen molar-refractivity contribution in [2.45, 2.75) is 4.90 Å². The number of carboxylic acids is 1. The lowest BCUT2D eigenvalue weighted by atomic mass is 10.00. The lowest BCUT2D eigenvalue weighted by molar-refractivity contribution is 0.0696. The van der Waals surface area contributed by atoms with Gasteiger partial charge in [-0.25, -0.2) is 4.79 Å². The molecule has 0 saturated carbocycles. The topological polar surface area (TPSA) is 93.8 Å². The van der Waals surface area contributed by atoms with Crippen molar-refractivity contribution in [2.24, 2.45) is 0 Å². The second kappa shape index (κ2) is 8.53. The minimum absolute atomic E-state index is 0.00437. The van der Waals surface area contributed by atoms with E-state index in [1.165, 1.54) is 24.3 Å². The second-order valence-electron chi connectivity index (χ2n) is 7.61. The van der Waals surface area contributed by atoms with Gasteiger partial charge in [-0.1, -0.05) is 54.6 Å². The number of furan rings is 1. The van der Waals surface area contributed by atoms with E-state index in [1.807, 2.05) is 48.5 Å². The van der Waals surface area contributed by atoms with Crippen LogP contribution < -0.4 is 4.18 Å². The third-order valence-corrected chi connectivity index (χ3v) is 6.72. The first-order valence-corrected chi connectivity index (χ1v) is 11.8. The first-order valence-electron chi connectivity index (χ1n) is 10.4. The molecule has 0 unspecified atom stereocenters. The molecule has 34 heavy (non-hydrogen) atoms. The molecule has 0 aliphatic rings. The van der Waals surface area contributed by atoms with E-state index in [9.17, 15) is 13.2 Å². The average Bonchev–Trinajstić information content (AvgIpc) is 3.29. The summed E-state index contributed by atoms with van der Waals surface area (Å²) < 4.78 is 35.8. The highest BCUT2D eigenvalue weighted by atomic mass is 32.2. The quantitative estimate of drug-likeness (QED) is 0.296. The minimum Gasteiger partial charge on any atom is -0.478 e. The molecule has 168 valence electrons. The Bertz CT molecular complexity index is 1580. The van der Waals surface area contributed by atoms with E-state index in [-0.39, 0.29) is 16.2 Å². The molecule has 0 amide bonds. The number of fused-ring (bicyclic) bond motifs is 1. The number of aromatic carboxylic acids is 1. The van der Waals surface area contributed by atoms with Crippen molar-refractivity contribution in [1.29, 1.82) is 0 Å². The fourth-order valence-electron chi connectivity index (χ4n) is 3.69. The molecule has 1 aromatic heterocycles. The Morgan fingerprint density at radius 2 is 1.32 bits per heavy atom. The number of carbonyl (C=O) groups is 1. The zero-order valence-electron chi connectivity index (χ0n) is 17.7. The molecule has 4 aromatic carbocycles. The number of rotatable bonds is 6. The van der Waals surface area contributed by atoms with Gasteiger partial charge in [0.1, 0.15) is 16.2 Å². The normalized spacial score (nSPS) is 11.4. The Kier molecular flexibility index (Phi) is 5.39. The molecule has 1 N–H and O–H groups in total. The maximum atomic E-state index is 12.5. The average molecular weight is 471 g/mol. The van der Waals surface area contributed by atoms with E-state index < -0.39 is 16.1 Å². The van der Waals surface area contributed by atoms with Crippen molar-refractivity contribution < 1.29 is 26.9 Å². The van der Waals surface area contributed by atoms with Crippen LogP contribution in [-0.2, 0) is 10.1 Å². The Balaban J connectivity index is 1.33. The van der Waals surface area contributed by atoms with Crippen molar-refractivity contribution in [1.82, 2.24) is 0 Å². The summed E-state index contributed by atoms with van der Waals surface area (Å²) in [4.78, 5) is 10.8. The van der Waals surface area contributed by atoms with Crippen LogP contribution in [0.4, 0.5) is 0 Å². The maximum Gasteiger partial charge on any atom is 0.339 e. The molecular weight excluding hydrogens is 452 g/mol. The molecule has 7 heteroatoms. The first kappa shape index (κ1) is 21.5. The van der Waals surface area contributed by atoms with Crippen molar-refractivity contribution in [2.75, 3.05) is 0 Å². The highest BCUT2D eigenvalue weighted by Crippen LogP contribution is 2.32. The van der Waals surface area contributed by atoms with Gasteiger partial charge in [0.05, 0.1) is 11.8 Å². The van der Waals surface area contributed by atoms with Gasteiger partial charge in [-0.15, -0.1) is 0 Å². The molecule has 0 aliphatic carbocycles. The van der Waals surface area contributed by atoms with Gasteiger partial charge in [0, 0.05) is 10.9 Å². The summed E-state index contributed by atoms with van der Waals surface area (Å²) >= 11 is 0. The van der Waals surface area contributed by atoms with E-state index in [0.717, 1.165) is 33.2 Å². The maximum absolute atomic E-state index is 12.5. The minimum atomic E-state index is -4.08. The summed E-state index contributed by atoms with van der Waals surface area (Å²) in [6.07, 6.45) is 1.75. The van der Waals surface area contributed by atoms with Crippen LogP contribution in [0.2, 0.25) is 0 Å². The fourth-order valence-corrected chi connectivity index (χ4v) is 4.62. The lowest BCUT2D eigenvalue weighted by Crippen LogP contribution is -2.10. The van der Waals surface area contributed by atoms with E-state index >= 15 is 0 Å². The SMILES string of the molecule is O=C(O)c1ccc(S(=O)(=O)Oc2ccc(-c3ccc(-c4coc5ccccc45)cc3)cc2)cc1. The van der Waals surface area contributed by atoms with Gasteiger partial charge in [-0.2, -0.15) is 8.42 Å². The van der Waals surface area contributed by atoms with E-state index in [4.69, 9.17) is 13.7 Å². The Morgan fingerprint density at radius 3 is 1.97 bits per heavy atom. The highest BCUT2D eigenvalue weighted by molar-refractivity contribution is 7.87. The standard InChI is InChI=1S/C27H18O6S/c28-27(29)21-11-15-23(16-12-21)34(30,31)33-22-13-9-19(10-14-22)18-5-7-20(8-6-18)25-17-32-26-4-2-1-3-24(25)26/h1-17H,(H,28,29). The monoisotopic (exact) mass is 470 g/mol. The first-order chi connectivity index (χ1) is 16.4. The van der Waals surface area contributed by atoms with E-state index in [0.29, 0.717) is 0 Å². The summed E-state index contributed by atoms with van der Waals surface area (Å²) in [6, 6.07) is 27.5. The summed E-state index contributed by atoms with van der Waals surface area (Å²) in [5.41, 5.74) is 4.76. The predicted octanol–water partition coefficient (Wildman–Crippen LogP) is 6.23. The van der Waals surface area contributed by atoms with Gasteiger partial charge in [-0.3, -0.25) is 0 Å². The van der Waals surface area contributed by atoms with Crippen LogP contribution in [0.25, 0.3) is 33.2 Å². The smallest absolute Gasteiger partial charge is 0.339 e. The Morgan fingerprint density at radius 1 is 0.735 bits per heavy atom. The van der Waals surface area contributed by atoms with Gasteiger partial charge < -0.3 is 13.7 Å². The highest BCUT2D eigenvalue weighted by Gasteiger charge is 2.17. The largest absolute Gasteiger partial charge is 0.478 e. The van der Waals surface area contributed by atoms with E-state index in [2.05, 4.69) is 0 Å². The van der Waals surface area contributed by atoms with Gasteiger partial charge >= 0.3 is 16.1 Å². The summed E-state index contributed by atoms with van der Waals surface area (Å²) in [6.45, 7) is 0. The molecule has 0 spiro atoms. The van der Waals surface area contributed by atoms with Crippen LogP contribution >= 0.6 is 0 Å². The van der Waals surface area contributed by atoms with Crippen LogP contribution in [0.5, 0.6) is 5.75 Å². The number of para-hydroxylation sites is 1. The molecule has 0 saturated heterocycles. The van der Waals surface area contributed by atoms with Crippen molar-refractivity contribution >= 4 is 27.1 Å². The molecular formula is C27H18O6S. The number of hydrogen-bond acceptors (Lipinski definition) is 5. The summed E-state index contributed by atoms with van der Waals surface area (Å²) in [5, 5.41) is 10.0. The van der Waals surface area contributed by atoms with Gasteiger partial charge in [0.25, 0.3) is 0 Å². The Hall–Kier alpha value is -4.36. The van der Waals surface area contributed by atoms with Crippen molar-refractivity contribution in [3.63, 3.8) is 0 Å². The Labute approximate surface area is 195 Å². The van der Waals surface area contributed by atoms with Crippen LogP contribution in [0.3, 0.4) is 0 Å². The third kappa shape index (κ3) is 4.16. The molecule has 0 bridgehead atoms. The molecule has 0 fully saturated rings. The zero-order chi connectivity index (χ0) is 23.7. The van der Waals surface area contributed by atoms with Crippen LogP contribution in [0.1, 0.15) is 10.4 Å². The molecule has 0 radical (unpaired) electrons. The summed E-state index contributed by atoms with van der Waals surface area (Å²) in [7, 11) is -4.08. The lowest BCUT2D eigenvalue weighted by Gasteiger charge is -2.09. The van der Waals surface area contributed by atoms with Crippen molar-refractivity contribution in [3.05, 3.63) is 109 Å². The molecule has 0 atom stereocenters. The third-order valence-electron chi connectivity index (χ3n) is 5.46.